The fourth-order valence-corrected chi connectivity index (χ4v) is 3.15. The first kappa shape index (κ1) is 11.4. The van der Waals surface area contributed by atoms with Crippen LogP contribution in [0.1, 0.15) is 24.8 Å². The summed E-state index contributed by atoms with van der Waals surface area (Å²) < 4.78 is 5.94. The number of benzene rings is 1. The molecule has 0 atom stereocenters. The molecule has 0 bridgehead atoms. The van der Waals surface area contributed by atoms with Crippen LogP contribution in [0.25, 0.3) is 0 Å². The van der Waals surface area contributed by atoms with Crippen molar-refractivity contribution >= 4 is 11.8 Å². The predicted octanol–water partition coefficient (Wildman–Crippen LogP) is 2.56. The molecule has 1 aromatic rings. The van der Waals surface area contributed by atoms with E-state index in [1.807, 2.05) is 11.8 Å². The van der Waals surface area contributed by atoms with Gasteiger partial charge in [-0.3, -0.25) is 0 Å². The molecule has 1 saturated heterocycles. The van der Waals surface area contributed by atoms with Crippen LogP contribution in [0.15, 0.2) is 24.3 Å². The van der Waals surface area contributed by atoms with E-state index < -0.39 is 0 Å². The monoisotopic (exact) mass is 249 g/mol. The van der Waals surface area contributed by atoms with Crippen molar-refractivity contribution in [2.45, 2.75) is 30.8 Å². The normalized spacial score (nSPS) is 22.6. The van der Waals surface area contributed by atoms with E-state index in [0.717, 1.165) is 23.8 Å². The van der Waals surface area contributed by atoms with Gasteiger partial charge in [-0.2, -0.15) is 11.8 Å². The molecule has 1 aromatic carbocycles. The lowest BCUT2D eigenvalue weighted by Gasteiger charge is -2.41. The number of hydrogen-bond donors (Lipinski definition) is 1. The number of ether oxygens (including phenoxy) is 1. The highest BCUT2D eigenvalue weighted by Gasteiger charge is 2.37. The standard InChI is InChI=1S/C14H19NOS/c15-10-14(5-2-6-14)11-3-1-4-12(7-11)16-13-8-17-9-13/h1,3-4,7,13H,2,5-6,8-10,15H2. The molecule has 92 valence electrons. The van der Waals surface area contributed by atoms with Crippen LogP contribution < -0.4 is 10.5 Å². The second-order valence-corrected chi connectivity index (χ2v) is 6.22. The minimum Gasteiger partial charge on any atom is -0.489 e. The van der Waals surface area contributed by atoms with Gasteiger partial charge in [0.15, 0.2) is 0 Å². The highest BCUT2D eigenvalue weighted by atomic mass is 32.2. The summed E-state index contributed by atoms with van der Waals surface area (Å²) in [6, 6.07) is 8.57. The van der Waals surface area contributed by atoms with Crippen molar-refractivity contribution in [3.8, 4) is 5.75 Å². The molecule has 17 heavy (non-hydrogen) atoms. The predicted molar refractivity (Wildman–Crippen MR) is 72.8 cm³/mol. The SMILES string of the molecule is NCC1(c2cccc(OC3CSC3)c2)CCC1. The molecule has 2 aliphatic rings. The van der Waals surface area contributed by atoms with Gasteiger partial charge >= 0.3 is 0 Å². The topological polar surface area (TPSA) is 35.2 Å². The minimum absolute atomic E-state index is 0.244. The molecule has 0 spiro atoms. The second kappa shape index (κ2) is 4.54. The third-order valence-electron chi connectivity index (χ3n) is 4.06. The molecular formula is C14H19NOS. The zero-order valence-corrected chi connectivity index (χ0v) is 10.8. The Balaban J connectivity index is 1.78. The van der Waals surface area contributed by atoms with Crippen LogP contribution in [0, 0.1) is 0 Å². The van der Waals surface area contributed by atoms with E-state index in [9.17, 15) is 0 Å². The number of rotatable bonds is 4. The lowest BCUT2D eigenvalue weighted by Crippen LogP contribution is -2.41. The van der Waals surface area contributed by atoms with Gasteiger partial charge in [0.05, 0.1) is 0 Å². The van der Waals surface area contributed by atoms with Gasteiger partial charge in [-0.1, -0.05) is 18.6 Å². The van der Waals surface area contributed by atoms with Crippen LogP contribution in [0.5, 0.6) is 5.75 Å². The first-order chi connectivity index (χ1) is 8.32. The smallest absolute Gasteiger partial charge is 0.120 e. The first-order valence-electron chi connectivity index (χ1n) is 6.37. The third-order valence-corrected chi connectivity index (χ3v) is 5.27. The van der Waals surface area contributed by atoms with Gasteiger partial charge in [-0.05, 0) is 30.5 Å². The Hall–Kier alpha value is -0.670. The minimum atomic E-state index is 0.244. The van der Waals surface area contributed by atoms with Gasteiger partial charge < -0.3 is 10.5 Å². The van der Waals surface area contributed by atoms with Crippen molar-refractivity contribution in [1.29, 1.82) is 0 Å². The summed E-state index contributed by atoms with van der Waals surface area (Å²) in [5, 5.41) is 0. The van der Waals surface area contributed by atoms with Gasteiger partial charge in [0.25, 0.3) is 0 Å². The van der Waals surface area contributed by atoms with Gasteiger partial charge in [0, 0.05) is 23.5 Å². The first-order valence-corrected chi connectivity index (χ1v) is 7.53. The maximum Gasteiger partial charge on any atom is 0.120 e. The average Bonchev–Trinajstić information content (AvgIpc) is 2.24. The zero-order valence-electron chi connectivity index (χ0n) is 10.0. The highest BCUT2D eigenvalue weighted by Crippen LogP contribution is 2.43. The van der Waals surface area contributed by atoms with E-state index in [-0.39, 0.29) is 5.41 Å². The van der Waals surface area contributed by atoms with Gasteiger partial charge in [-0.15, -0.1) is 0 Å². The van der Waals surface area contributed by atoms with Crippen LogP contribution in [0.4, 0.5) is 0 Å². The maximum absolute atomic E-state index is 5.95. The average molecular weight is 249 g/mol. The maximum atomic E-state index is 5.95. The number of hydrogen-bond acceptors (Lipinski definition) is 3. The Morgan fingerprint density at radius 3 is 2.71 bits per heavy atom. The lowest BCUT2D eigenvalue weighted by atomic mass is 9.64. The van der Waals surface area contributed by atoms with Crippen molar-refractivity contribution in [3.05, 3.63) is 29.8 Å². The third kappa shape index (κ3) is 2.06. The number of thioether (sulfide) groups is 1. The molecule has 3 heteroatoms. The van der Waals surface area contributed by atoms with Crippen molar-refractivity contribution in [3.63, 3.8) is 0 Å². The Kier molecular flexibility index (Phi) is 3.05. The molecule has 1 heterocycles. The van der Waals surface area contributed by atoms with Gasteiger partial charge in [0.1, 0.15) is 11.9 Å². The lowest BCUT2D eigenvalue weighted by molar-refractivity contribution is 0.233. The summed E-state index contributed by atoms with van der Waals surface area (Å²) in [5.41, 5.74) is 7.56. The van der Waals surface area contributed by atoms with Gasteiger partial charge in [0.2, 0.25) is 0 Å². The summed E-state index contributed by atoms with van der Waals surface area (Å²) in [4.78, 5) is 0. The molecule has 0 radical (unpaired) electrons. The van der Waals surface area contributed by atoms with E-state index in [2.05, 4.69) is 24.3 Å². The summed E-state index contributed by atoms with van der Waals surface area (Å²) in [6.07, 6.45) is 4.19. The second-order valence-electron chi connectivity index (χ2n) is 5.14. The van der Waals surface area contributed by atoms with E-state index in [0.29, 0.717) is 6.10 Å². The number of nitrogens with two attached hydrogens (primary N) is 1. The van der Waals surface area contributed by atoms with Crippen LogP contribution >= 0.6 is 11.8 Å². The van der Waals surface area contributed by atoms with Crippen LogP contribution in [-0.2, 0) is 5.41 Å². The Morgan fingerprint density at radius 2 is 2.18 bits per heavy atom. The van der Waals surface area contributed by atoms with Crippen molar-refractivity contribution in [1.82, 2.24) is 0 Å². The highest BCUT2D eigenvalue weighted by molar-refractivity contribution is 8.00. The van der Waals surface area contributed by atoms with Crippen LogP contribution in [0.2, 0.25) is 0 Å². The van der Waals surface area contributed by atoms with Crippen LogP contribution in [-0.4, -0.2) is 24.2 Å². The molecule has 1 saturated carbocycles. The van der Waals surface area contributed by atoms with E-state index in [1.54, 1.807) is 0 Å². The van der Waals surface area contributed by atoms with Crippen LogP contribution in [0.3, 0.4) is 0 Å². The molecular weight excluding hydrogens is 230 g/mol. The fraction of sp³-hybridized carbons (Fsp3) is 0.571. The summed E-state index contributed by atoms with van der Waals surface area (Å²) in [6.45, 7) is 0.760. The summed E-state index contributed by atoms with van der Waals surface area (Å²) in [7, 11) is 0. The molecule has 2 N–H and O–H groups in total. The quantitative estimate of drug-likeness (QED) is 0.890. The Labute approximate surface area is 107 Å². The summed E-state index contributed by atoms with van der Waals surface area (Å²) >= 11 is 1.95. The van der Waals surface area contributed by atoms with E-state index in [1.165, 1.54) is 24.8 Å². The Bertz CT molecular complexity index is 393. The fourth-order valence-electron chi connectivity index (χ4n) is 2.59. The largest absolute Gasteiger partial charge is 0.489 e. The zero-order chi connectivity index (χ0) is 11.7. The molecule has 0 aromatic heterocycles. The molecule has 1 aliphatic carbocycles. The summed E-state index contributed by atoms with van der Waals surface area (Å²) in [5.74, 6) is 3.28. The molecule has 1 aliphatic heterocycles. The molecule has 0 unspecified atom stereocenters. The Morgan fingerprint density at radius 1 is 1.35 bits per heavy atom. The van der Waals surface area contributed by atoms with Crippen molar-refractivity contribution < 1.29 is 4.74 Å². The van der Waals surface area contributed by atoms with Gasteiger partial charge in [-0.25, -0.2) is 0 Å². The molecule has 0 amide bonds. The van der Waals surface area contributed by atoms with E-state index >= 15 is 0 Å². The van der Waals surface area contributed by atoms with E-state index in [4.69, 9.17) is 10.5 Å². The molecule has 3 rings (SSSR count). The van der Waals surface area contributed by atoms with Crippen molar-refractivity contribution in [2.24, 2.45) is 5.73 Å². The molecule has 2 fully saturated rings. The molecule has 2 nitrogen and oxygen atoms in total. The van der Waals surface area contributed by atoms with Crippen molar-refractivity contribution in [2.75, 3.05) is 18.1 Å².